The van der Waals surface area contributed by atoms with Crippen molar-refractivity contribution in [3.8, 4) is 11.3 Å². The third-order valence-electron chi connectivity index (χ3n) is 7.69. The minimum atomic E-state index is -3.34. The van der Waals surface area contributed by atoms with Gasteiger partial charge in [0.1, 0.15) is 35.5 Å². The Bertz CT molecular complexity index is 1520. The van der Waals surface area contributed by atoms with Crippen molar-refractivity contribution in [2.45, 2.75) is 60.4 Å². The molecule has 11 nitrogen and oxygen atoms in total. The molecule has 42 heavy (non-hydrogen) atoms. The van der Waals surface area contributed by atoms with Gasteiger partial charge >= 0.3 is 0 Å². The minimum absolute atomic E-state index is 0.0804. The van der Waals surface area contributed by atoms with Gasteiger partial charge in [0.25, 0.3) is 0 Å². The van der Waals surface area contributed by atoms with Crippen LogP contribution in [0.1, 0.15) is 35.4 Å². The van der Waals surface area contributed by atoms with Crippen molar-refractivity contribution >= 4 is 21.6 Å². The van der Waals surface area contributed by atoms with E-state index in [9.17, 15) is 42.0 Å². The van der Waals surface area contributed by atoms with E-state index in [0.717, 1.165) is 28.6 Å². The number of aromatic nitrogens is 4. The van der Waals surface area contributed by atoms with Crippen molar-refractivity contribution in [1.82, 2.24) is 20.0 Å². The fourth-order valence-electron chi connectivity index (χ4n) is 5.26. The summed E-state index contributed by atoms with van der Waals surface area (Å²) in [5.41, 5.74) is -1.81. The summed E-state index contributed by atoms with van der Waals surface area (Å²) < 4.78 is 72.3. The van der Waals surface area contributed by atoms with Crippen LogP contribution in [-0.4, -0.2) is 96.3 Å². The van der Waals surface area contributed by atoms with E-state index >= 15 is 0 Å². The number of nitrogens with zero attached hydrogens (tertiary/aromatic N) is 4. The number of rotatable bonds is 7. The summed E-state index contributed by atoms with van der Waals surface area (Å²) in [7, 11) is -3.34. The molecule has 2 aliphatic heterocycles. The average Bonchev–Trinajstić information content (AvgIpc) is 3.43. The molecule has 0 amide bonds. The highest BCUT2D eigenvalue weighted by molar-refractivity contribution is 8.00. The Hall–Kier alpha value is -2.60. The van der Waals surface area contributed by atoms with E-state index in [-0.39, 0.29) is 35.6 Å². The number of aliphatic hydroxyl groups is 4. The number of sulfone groups is 1. The van der Waals surface area contributed by atoms with Crippen LogP contribution in [0, 0.1) is 24.4 Å². The van der Waals surface area contributed by atoms with E-state index in [1.54, 1.807) is 19.1 Å². The molecule has 228 valence electrons. The molecule has 1 unspecified atom stereocenters. The molecule has 4 N–H and O–H groups in total. The van der Waals surface area contributed by atoms with Crippen molar-refractivity contribution in [3.63, 3.8) is 0 Å². The summed E-state index contributed by atoms with van der Waals surface area (Å²) in [6, 6.07) is 3.65. The maximum atomic E-state index is 13.8. The van der Waals surface area contributed by atoms with Crippen LogP contribution in [0.4, 0.5) is 13.2 Å². The molecule has 2 aliphatic rings. The lowest BCUT2D eigenvalue weighted by molar-refractivity contribution is -0.179. The Kier molecular flexibility index (Phi) is 8.68. The summed E-state index contributed by atoms with van der Waals surface area (Å²) in [6.45, 7) is 1.12. The number of benzene rings is 1. The van der Waals surface area contributed by atoms with Crippen LogP contribution in [-0.2, 0) is 14.6 Å². The summed E-state index contributed by atoms with van der Waals surface area (Å²) in [5.74, 6) is -5.01. The third kappa shape index (κ3) is 5.93. The van der Waals surface area contributed by atoms with Gasteiger partial charge < -0.3 is 25.2 Å². The van der Waals surface area contributed by atoms with Gasteiger partial charge in [0.05, 0.1) is 40.9 Å². The number of hydrogen-bond donors (Lipinski definition) is 4. The zero-order valence-electron chi connectivity index (χ0n) is 22.2. The van der Waals surface area contributed by atoms with E-state index in [4.69, 9.17) is 4.74 Å². The zero-order chi connectivity index (χ0) is 30.4. The van der Waals surface area contributed by atoms with Gasteiger partial charge in [-0.1, -0.05) is 11.3 Å². The molecule has 0 saturated carbocycles. The molecule has 2 fully saturated rings. The number of halogens is 3. The number of ether oxygens (including phenoxy) is 1. The van der Waals surface area contributed by atoms with Crippen LogP contribution < -0.4 is 0 Å². The van der Waals surface area contributed by atoms with Gasteiger partial charge in [-0.25, -0.2) is 26.3 Å². The van der Waals surface area contributed by atoms with E-state index in [1.165, 1.54) is 12.4 Å². The molecule has 2 saturated heterocycles. The normalized spacial score (nSPS) is 28.0. The molecular weight excluding hydrogens is 601 g/mol. The minimum Gasteiger partial charge on any atom is -0.394 e. The van der Waals surface area contributed by atoms with E-state index in [2.05, 4.69) is 15.3 Å². The number of thioether (sulfide) groups is 1. The lowest BCUT2D eigenvalue weighted by Crippen LogP contribution is -2.55. The highest BCUT2D eigenvalue weighted by Crippen LogP contribution is 2.49. The Morgan fingerprint density at radius 3 is 2.45 bits per heavy atom. The summed E-state index contributed by atoms with van der Waals surface area (Å²) in [4.78, 5) is 4.43. The lowest BCUT2D eigenvalue weighted by Gasteiger charge is -2.45. The molecule has 0 radical (unpaired) electrons. The van der Waals surface area contributed by atoms with E-state index in [1.807, 2.05) is 0 Å². The topological polar surface area (TPSA) is 168 Å². The first-order chi connectivity index (χ1) is 19.8. The fourth-order valence-corrected chi connectivity index (χ4v) is 8.45. The Labute approximate surface area is 243 Å². The molecule has 2 aromatic heterocycles. The SMILES string of the molecule is Cc1cccnc1C(S[C@@H]1O[C@H](CO)[C@H](O)[C@H](n2cc(-c3cc(F)c(F)c(F)c3)nn2)[C@H]1O)C1(O)CCS(=O)(=O)CC1. The second kappa shape index (κ2) is 11.8. The molecule has 6 atom stereocenters. The standard InChI is InChI=1S/C26H29F3N4O7S2/c1-13-3-2-6-30-20(13)24(26(37)4-7-42(38,39)8-5-26)41-25-23(36)21(22(35)18(12-34)40-25)33-11-17(31-32-33)14-9-15(27)19(29)16(28)10-14/h2-3,6,9-11,18,21-25,34-37H,4-5,7-8,12H2,1H3/t18-,21+,22+,23-,24?,25+/m1/s1. The predicted octanol–water partition coefficient (Wildman–Crippen LogP) is 1.46. The molecule has 4 heterocycles. The summed E-state index contributed by atoms with van der Waals surface area (Å²) >= 11 is 0.971. The molecule has 16 heteroatoms. The number of pyridine rings is 1. The smallest absolute Gasteiger partial charge is 0.194 e. The Morgan fingerprint density at radius 1 is 1.17 bits per heavy atom. The zero-order valence-corrected chi connectivity index (χ0v) is 23.8. The maximum absolute atomic E-state index is 13.8. The van der Waals surface area contributed by atoms with Crippen molar-refractivity contribution < 1.29 is 46.8 Å². The largest absolute Gasteiger partial charge is 0.394 e. The van der Waals surface area contributed by atoms with Crippen LogP contribution in [0.2, 0.25) is 0 Å². The Balaban J connectivity index is 1.48. The number of hydrogen-bond acceptors (Lipinski definition) is 11. The second-order valence-electron chi connectivity index (χ2n) is 10.5. The van der Waals surface area contributed by atoms with Crippen LogP contribution in [0.5, 0.6) is 0 Å². The molecular formula is C26H29F3N4O7S2. The van der Waals surface area contributed by atoms with Crippen LogP contribution in [0.3, 0.4) is 0 Å². The van der Waals surface area contributed by atoms with Crippen molar-refractivity contribution in [2.24, 2.45) is 0 Å². The first-order valence-corrected chi connectivity index (χ1v) is 15.8. The van der Waals surface area contributed by atoms with Gasteiger partial charge in [-0.3, -0.25) is 4.98 Å². The lowest BCUT2D eigenvalue weighted by atomic mass is 9.89. The predicted molar refractivity (Wildman–Crippen MR) is 144 cm³/mol. The number of aryl methyl sites for hydroxylation is 1. The van der Waals surface area contributed by atoms with Crippen molar-refractivity contribution in [3.05, 3.63) is 65.4 Å². The fraction of sp³-hybridized carbons (Fsp3) is 0.500. The van der Waals surface area contributed by atoms with Gasteiger partial charge in [0.2, 0.25) is 0 Å². The van der Waals surface area contributed by atoms with Gasteiger partial charge in [-0.15, -0.1) is 16.9 Å². The van der Waals surface area contributed by atoms with Crippen LogP contribution in [0.25, 0.3) is 11.3 Å². The van der Waals surface area contributed by atoms with Crippen LogP contribution >= 0.6 is 11.8 Å². The van der Waals surface area contributed by atoms with E-state index in [0.29, 0.717) is 11.3 Å². The van der Waals surface area contributed by atoms with Gasteiger partial charge in [-0.05, 0) is 43.5 Å². The first kappa shape index (κ1) is 30.8. The van der Waals surface area contributed by atoms with Crippen LogP contribution in [0.15, 0.2) is 36.7 Å². The first-order valence-electron chi connectivity index (χ1n) is 13.0. The highest BCUT2D eigenvalue weighted by Gasteiger charge is 2.51. The van der Waals surface area contributed by atoms with Gasteiger partial charge in [0, 0.05) is 11.8 Å². The number of aliphatic hydroxyl groups excluding tert-OH is 3. The van der Waals surface area contributed by atoms with Gasteiger partial charge in [0.15, 0.2) is 27.3 Å². The average molecular weight is 631 g/mol. The van der Waals surface area contributed by atoms with Crippen molar-refractivity contribution in [1.29, 1.82) is 0 Å². The molecule has 0 aliphatic carbocycles. The maximum Gasteiger partial charge on any atom is 0.194 e. The van der Waals surface area contributed by atoms with Gasteiger partial charge in [-0.2, -0.15) is 0 Å². The monoisotopic (exact) mass is 630 g/mol. The molecule has 0 spiro atoms. The highest BCUT2D eigenvalue weighted by atomic mass is 32.2. The Morgan fingerprint density at radius 2 is 1.83 bits per heavy atom. The third-order valence-corrected chi connectivity index (χ3v) is 10.9. The summed E-state index contributed by atoms with van der Waals surface area (Å²) in [6.07, 6.45) is -1.72. The molecule has 0 bridgehead atoms. The second-order valence-corrected chi connectivity index (χ2v) is 14.0. The summed E-state index contributed by atoms with van der Waals surface area (Å²) in [5, 5.41) is 51.0. The van der Waals surface area contributed by atoms with Crippen molar-refractivity contribution in [2.75, 3.05) is 18.1 Å². The molecule has 3 aromatic rings. The van der Waals surface area contributed by atoms with E-state index < -0.39 is 74.5 Å². The molecule has 1 aromatic carbocycles. The quantitative estimate of drug-likeness (QED) is 0.279. The molecule has 5 rings (SSSR count).